The predicted molar refractivity (Wildman–Crippen MR) is 182 cm³/mol. The molecule has 4 amide bonds. The van der Waals surface area contributed by atoms with Crippen molar-refractivity contribution in [1.82, 2.24) is 19.8 Å². The van der Waals surface area contributed by atoms with Crippen LogP contribution in [0.15, 0.2) is 44.4 Å². The highest BCUT2D eigenvalue weighted by molar-refractivity contribution is 7.19. The molecule has 50 heavy (non-hydrogen) atoms. The first-order chi connectivity index (χ1) is 23.5. The second-order valence-electron chi connectivity index (χ2n) is 12.9. The number of thiazole rings is 2. The van der Waals surface area contributed by atoms with Crippen molar-refractivity contribution in [2.75, 3.05) is 14.1 Å². The summed E-state index contributed by atoms with van der Waals surface area (Å²) in [6.07, 6.45) is 0. The number of benzene rings is 1. The zero-order chi connectivity index (χ0) is 36.2. The summed E-state index contributed by atoms with van der Waals surface area (Å²) in [7, 11) is 2.61. The highest BCUT2D eigenvalue weighted by Crippen LogP contribution is 2.56. The summed E-state index contributed by atoms with van der Waals surface area (Å²) in [4.78, 5) is 72.7. The number of imide groups is 2. The number of amides is 4. The molecule has 0 spiro atoms. The van der Waals surface area contributed by atoms with Gasteiger partial charge in [0, 0.05) is 36.4 Å². The van der Waals surface area contributed by atoms with Gasteiger partial charge in [0.15, 0.2) is 0 Å². The minimum absolute atomic E-state index is 0.0379. The maximum Gasteiger partial charge on any atom is 0.279 e. The lowest BCUT2D eigenvalue weighted by Crippen LogP contribution is -2.44. The molecule has 0 radical (unpaired) electrons. The zero-order valence-corrected chi connectivity index (χ0v) is 29.6. The van der Waals surface area contributed by atoms with E-state index in [1.165, 1.54) is 50.6 Å². The Morgan fingerprint density at radius 1 is 0.680 bits per heavy atom. The Morgan fingerprint density at radius 3 is 1.38 bits per heavy atom. The number of carbonyl (C=O) groups excluding carboxylic acids is 4. The fraction of sp³-hybridized carbons (Fsp3) is 0.294. The quantitative estimate of drug-likeness (QED) is 0.327. The fourth-order valence-electron chi connectivity index (χ4n) is 6.06. The van der Waals surface area contributed by atoms with Crippen molar-refractivity contribution in [3.05, 3.63) is 45.8 Å². The molecule has 16 heteroatoms. The van der Waals surface area contributed by atoms with Gasteiger partial charge in [-0.25, -0.2) is 20.0 Å². The lowest BCUT2D eigenvalue weighted by molar-refractivity contribution is -0.138. The van der Waals surface area contributed by atoms with E-state index in [1.807, 2.05) is 52.0 Å². The molecule has 3 aromatic rings. The number of likely N-dealkylation sites (N-methyl/N-ethyl adjacent to an activating group) is 2. The van der Waals surface area contributed by atoms with Gasteiger partial charge in [-0.3, -0.25) is 29.0 Å². The molecule has 2 aromatic heterocycles. The van der Waals surface area contributed by atoms with Gasteiger partial charge in [-0.1, -0.05) is 22.7 Å². The number of fused-ring (bicyclic) bond motifs is 6. The molecule has 250 valence electrons. The molecule has 0 saturated carbocycles. The van der Waals surface area contributed by atoms with Gasteiger partial charge in [-0.15, -0.1) is 0 Å². The number of hydrogen-bond acceptors (Lipinski definition) is 14. The third-order valence-electron chi connectivity index (χ3n) is 8.82. The molecule has 1 aromatic carbocycles. The van der Waals surface area contributed by atoms with Gasteiger partial charge >= 0.3 is 0 Å². The average Bonchev–Trinajstić information content (AvgIpc) is 3.70. The fourth-order valence-corrected chi connectivity index (χ4v) is 8.29. The minimum Gasteiger partial charge on any atom is -0.481 e. The molecule has 4 aliphatic rings. The van der Waals surface area contributed by atoms with E-state index in [1.54, 1.807) is 0 Å². The third kappa shape index (κ3) is 4.63. The standard InChI is InChI=1S/C34H26N8O6S2/c1-13-17(11-35)27(43)41(7)29(45)21(13)37-31-39-25-23(49-31)15-9-20-16(10-19(15)47-33(25,3)4)24-26(34(5,6)48-20)40-32(50-24)38-22-14(2)18(12-36)28(44)42(8)30(22)46/h9-10H,1-8H3. The number of hydrogen-bond donors (Lipinski definition) is 0. The van der Waals surface area contributed by atoms with Crippen LogP contribution in [0.4, 0.5) is 10.3 Å². The Kier molecular flexibility index (Phi) is 7.08. The summed E-state index contributed by atoms with van der Waals surface area (Å²) in [6, 6.07) is 7.46. The number of ether oxygens (including phenoxy) is 2. The predicted octanol–water partition coefficient (Wildman–Crippen LogP) is 5.01. The van der Waals surface area contributed by atoms with Crippen molar-refractivity contribution in [1.29, 1.82) is 10.5 Å². The second kappa shape index (κ2) is 10.8. The first-order valence-electron chi connectivity index (χ1n) is 15.1. The summed E-state index contributed by atoms with van der Waals surface area (Å²) >= 11 is 2.48. The summed E-state index contributed by atoms with van der Waals surface area (Å²) < 4.78 is 13.0. The normalized spacial score (nSPS) is 20.6. The van der Waals surface area contributed by atoms with E-state index in [0.29, 0.717) is 34.0 Å². The summed E-state index contributed by atoms with van der Waals surface area (Å²) in [5, 5.41) is 19.6. The van der Waals surface area contributed by atoms with E-state index in [2.05, 4.69) is 9.98 Å². The molecule has 0 saturated heterocycles. The molecule has 0 bridgehead atoms. The smallest absolute Gasteiger partial charge is 0.279 e. The third-order valence-corrected chi connectivity index (χ3v) is 10.8. The van der Waals surface area contributed by atoms with Crippen LogP contribution >= 0.6 is 22.7 Å². The van der Waals surface area contributed by atoms with Crippen LogP contribution < -0.4 is 9.47 Å². The van der Waals surface area contributed by atoms with Gasteiger partial charge in [0.05, 0.1) is 9.75 Å². The molecule has 0 fully saturated rings. The van der Waals surface area contributed by atoms with Crippen molar-refractivity contribution in [3.63, 3.8) is 0 Å². The topological polar surface area (TPSA) is 191 Å². The van der Waals surface area contributed by atoms with Crippen LogP contribution in [-0.2, 0) is 30.4 Å². The molecule has 0 unspecified atom stereocenters. The Bertz CT molecular complexity index is 2230. The van der Waals surface area contributed by atoms with Crippen LogP contribution in [0.1, 0.15) is 52.9 Å². The van der Waals surface area contributed by atoms with Gasteiger partial charge < -0.3 is 9.47 Å². The van der Waals surface area contributed by atoms with Gasteiger partial charge in [0.25, 0.3) is 23.6 Å². The Hall–Kier alpha value is -5.84. The largest absolute Gasteiger partial charge is 0.481 e. The molecule has 6 heterocycles. The molecule has 0 aliphatic carbocycles. The van der Waals surface area contributed by atoms with E-state index in [4.69, 9.17) is 19.4 Å². The molecule has 4 aliphatic heterocycles. The van der Waals surface area contributed by atoms with Crippen LogP contribution in [-0.4, -0.2) is 68.9 Å². The molecule has 0 atom stereocenters. The number of carbonyl (C=O) groups is 4. The number of nitriles is 2. The monoisotopic (exact) mass is 706 g/mol. The highest BCUT2D eigenvalue weighted by Gasteiger charge is 2.42. The Labute approximate surface area is 293 Å². The summed E-state index contributed by atoms with van der Waals surface area (Å²) in [5.41, 5.74) is 0.745. The van der Waals surface area contributed by atoms with Gasteiger partial charge in [-0.05, 0) is 53.7 Å². The lowest BCUT2D eigenvalue weighted by Gasteiger charge is -2.35. The molecular weight excluding hydrogens is 681 g/mol. The number of aliphatic imine (C=N–C) groups is 2. The van der Waals surface area contributed by atoms with Gasteiger partial charge in [0.2, 0.25) is 10.3 Å². The maximum absolute atomic E-state index is 13.0. The summed E-state index contributed by atoms with van der Waals surface area (Å²) in [6.45, 7) is 10.5. The van der Waals surface area contributed by atoms with Crippen LogP contribution in [0.2, 0.25) is 0 Å². The van der Waals surface area contributed by atoms with Crippen molar-refractivity contribution < 1.29 is 28.7 Å². The molecular formula is C34H26N8O6S2. The van der Waals surface area contributed by atoms with E-state index in [9.17, 15) is 29.7 Å². The van der Waals surface area contributed by atoms with Crippen molar-refractivity contribution >= 4 is 68.0 Å². The van der Waals surface area contributed by atoms with Gasteiger partial charge in [0.1, 0.15) is 68.8 Å². The molecule has 14 nitrogen and oxygen atoms in total. The second-order valence-corrected chi connectivity index (χ2v) is 14.9. The lowest BCUT2D eigenvalue weighted by atomic mass is 9.92. The first kappa shape index (κ1) is 32.7. The number of aromatic nitrogens is 2. The van der Waals surface area contributed by atoms with Crippen molar-refractivity contribution in [3.8, 4) is 44.5 Å². The van der Waals surface area contributed by atoms with Crippen molar-refractivity contribution in [2.45, 2.75) is 52.7 Å². The highest BCUT2D eigenvalue weighted by atomic mass is 32.1. The number of rotatable bonds is 2. The van der Waals surface area contributed by atoms with Crippen LogP contribution in [0.25, 0.3) is 20.9 Å². The molecule has 7 rings (SSSR count). The van der Waals surface area contributed by atoms with Gasteiger partial charge in [-0.2, -0.15) is 10.5 Å². The van der Waals surface area contributed by atoms with Crippen LogP contribution in [0.5, 0.6) is 11.5 Å². The maximum atomic E-state index is 13.0. The molecule has 0 N–H and O–H groups in total. The minimum atomic E-state index is -0.910. The van der Waals surface area contributed by atoms with E-state index in [0.717, 1.165) is 19.6 Å². The average molecular weight is 707 g/mol. The number of nitrogens with zero attached hydrogens (tertiary/aromatic N) is 8. The summed E-state index contributed by atoms with van der Waals surface area (Å²) in [5.74, 6) is -1.54. The van der Waals surface area contributed by atoms with E-state index < -0.39 is 34.8 Å². The Morgan fingerprint density at radius 2 is 1.04 bits per heavy atom. The first-order valence-corrected chi connectivity index (χ1v) is 16.8. The van der Waals surface area contributed by atoms with Crippen molar-refractivity contribution in [2.24, 2.45) is 9.98 Å². The Balaban J connectivity index is 1.34. The zero-order valence-electron chi connectivity index (χ0n) is 28.0. The van der Waals surface area contributed by atoms with Crippen LogP contribution in [0.3, 0.4) is 0 Å². The SMILES string of the molecule is CC1=C(C#N)C(=O)N(C)C(=O)C1=Nc1nc2c(s1)-c1cc3c(cc1OC2(C)C)-c1sc(N=C2C(=O)N(C)C(=O)C(C#N)=C2C)nc1C(C)(C)O3. The van der Waals surface area contributed by atoms with Crippen LogP contribution in [0, 0.1) is 22.7 Å². The van der Waals surface area contributed by atoms with E-state index >= 15 is 0 Å². The van der Waals surface area contributed by atoms with E-state index in [-0.39, 0.29) is 44.0 Å².